The molecule has 0 unspecified atom stereocenters. The Hall–Kier alpha value is -0.610. The molecular weight excluding hydrogens is 247 g/mol. The zero-order valence-electron chi connectivity index (χ0n) is 8.35. The van der Waals surface area contributed by atoms with E-state index in [1.165, 1.54) is 12.1 Å². The summed E-state index contributed by atoms with van der Waals surface area (Å²) in [5.74, 6) is -0.222. The van der Waals surface area contributed by atoms with Crippen molar-refractivity contribution in [2.24, 2.45) is 0 Å². The Bertz CT molecular complexity index is 302. The number of nitrogens with zero attached hydrogens (tertiary/aromatic N) is 1. The summed E-state index contributed by atoms with van der Waals surface area (Å²) in [5.41, 5.74) is 0.798. The van der Waals surface area contributed by atoms with Gasteiger partial charge in [-0.25, -0.2) is 4.39 Å². The first-order chi connectivity index (χ1) is 6.59. The Kier molecular flexibility index (Phi) is 4.35. The first kappa shape index (κ1) is 11.5. The molecule has 1 aromatic rings. The Morgan fingerprint density at radius 3 is 2.79 bits per heavy atom. The molecule has 0 aliphatic carbocycles. The van der Waals surface area contributed by atoms with Crippen molar-refractivity contribution in [1.82, 2.24) is 4.90 Å². The Morgan fingerprint density at radius 1 is 1.43 bits per heavy atom. The smallest absolute Gasteiger partial charge is 0.125 e. The summed E-state index contributed by atoms with van der Waals surface area (Å²) < 4.78 is 13.7. The lowest BCUT2D eigenvalue weighted by molar-refractivity contribution is 0.425. The van der Waals surface area contributed by atoms with E-state index in [2.05, 4.69) is 26.1 Å². The maximum atomic E-state index is 12.9. The zero-order chi connectivity index (χ0) is 10.6. The van der Waals surface area contributed by atoms with E-state index in [0.29, 0.717) is 0 Å². The van der Waals surface area contributed by atoms with Crippen molar-refractivity contribution in [3.05, 3.63) is 28.5 Å². The molecule has 78 valence electrons. The molecule has 0 bridgehead atoms. The fraction of sp³-hybridized carbons (Fsp3) is 0.400. The van der Waals surface area contributed by atoms with Crippen molar-refractivity contribution in [1.29, 1.82) is 0 Å². The van der Waals surface area contributed by atoms with Crippen LogP contribution in [0.15, 0.2) is 22.7 Å². The van der Waals surface area contributed by atoms with Crippen LogP contribution in [-0.2, 0) is 0 Å². The molecule has 0 fully saturated rings. The second-order valence-electron chi connectivity index (χ2n) is 3.35. The molecule has 0 spiro atoms. The van der Waals surface area contributed by atoms with Gasteiger partial charge in [0.25, 0.3) is 0 Å². The molecule has 2 nitrogen and oxygen atoms in total. The van der Waals surface area contributed by atoms with E-state index in [-0.39, 0.29) is 5.82 Å². The summed E-state index contributed by atoms with van der Waals surface area (Å²) in [5, 5.41) is 3.16. The Balaban J connectivity index is 2.53. The van der Waals surface area contributed by atoms with Crippen molar-refractivity contribution >= 4 is 21.6 Å². The van der Waals surface area contributed by atoms with Gasteiger partial charge in [-0.15, -0.1) is 0 Å². The number of hydrogen-bond acceptors (Lipinski definition) is 2. The fourth-order valence-electron chi connectivity index (χ4n) is 1.05. The minimum atomic E-state index is -0.222. The van der Waals surface area contributed by atoms with Gasteiger partial charge in [-0.05, 0) is 48.2 Å². The SMILES string of the molecule is CN(C)CCNc1cc(F)ccc1Br. The third-order valence-corrected chi connectivity index (χ3v) is 2.49. The van der Waals surface area contributed by atoms with E-state index in [1.54, 1.807) is 6.07 Å². The van der Waals surface area contributed by atoms with Crippen LogP contribution in [-0.4, -0.2) is 32.1 Å². The van der Waals surface area contributed by atoms with Crippen LogP contribution < -0.4 is 5.32 Å². The van der Waals surface area contributed by atoms with Gasteiger partial charge in [-0.1, -0.05) is 0 Å². The summed E-state index contributed by atoms with van der Waals surface area (Å²) >= 11 is 3.35. The van der Waals surface area contributed by atoms with Crippen LogP contribution in [0.1, 0.15) is 0 Å². The Morgan fingerprint density at radius 2 is 2.14 bits per heavy atom. The maximum Gasteiger partial charge on any atom is 0.125 e. The molecule has 0 aromatic heterocycles. The molecule has 14 heavy (non-hydrogen) atoms. The van der Waals surface area contributed by atoms with E-state index in [4.69, 9.17) is 0 Å². The van der Waals surface area contributed by atoms with Gasteiger partial charge < -0.3 is 10.2 Å². The van der Waals surface area contributed by atoms with Gasteiger partial charge in [0.2, 0.25) is 0 Å². The minimum absolute atomic E-state index is 0.222. The topological polar surface area (TPSA) is 15.3 Å². The lowest BCUT2D eigenvalue weighted by Gasteiger charge is -2.12. The first-order valence-electron chi connectivity index (χ1n) is 4.43. The maximum absolute atomic E-state index is 12.9. The van der Waals surface area contributed by atoms with Gasteiger partial charge in [0.05, 0.1) is 5.69 Å². The van der Waals surface area contributed by atoms with Gasteiger partial charge in [0, 0.05) is 17.6 Å². The monoisotopic (exact) mass is 260 g/mol. The van der Waals surface area contributed by atoms with Crippen molar-refractivity contribution < 1.29 is 4.39 Å². The summed E-state index contributed by atoms with van der Waals surface area (Å²) in [6, 6.07) is 4.62. The van der Waals surface area contributed by atoms with Crippen LogP contribution in [0.3, 0.4) is 0 Å². The molecule has 1 rings (SSSR count). The second kappa shape index (κ2) is 5.32. The number of benzene rings is 1. The number of likely N-dealkylation sites (N-methyl/N-ethyl adjacent to an activating group) is 1. The zero-order valence-corrected chi connectivity index (χ0v) is 9.94. The van der Waals surface area contributed by atoms with E-state index >= 15 is 0 Å². The van der Waals surface area contributed by atoms with E-state index in [0.717, 1.165) is 23.2 Å². The lowest BCUT2D eigenvalue weighted by Crippen LogP contribution is -2.20. The number of halogens is 2. The van der Waals surface area contributed by atoms with E-state index in [9.17, 15) is 4.39 Å². The highest BCUT2D eigenvalue weighted by Crippen LogP contribution is 2.22. The highest BCUT2D eigenvalue weighted by molar-refractivity contribution is 9.10. The van der Waals surface area contributed by atoms with E-state index in [1.807, 2.05) is 14.1 Å². The standard InChI is InChI=1S/C10H14BrFN2/c1-14(2)6-5-13-10-7-8(12)3-4-9(10)11/h3-4,7,13H,5-6H2,1-2H3. The average molecular weight is 261 g/mol. The van der Waals surface area contributed by atoms with Gasteiger partial charge in [-0.2, -0.15) is 0 Å². The summed E-state index contributed by atoms with van der Waals surface area (Å²) in [7, 11) is 4.00. The highest BCUT2D eigenvalue weighted by atomic mass is 79.9. The van der Waals surface area contributed by atoms with Crippen molar-refractivity contribution in [2.75, 3.05) is 32.5 Å². The fourth-order valence-corrected chi connectivity index (χ4v) is 1.43. The van der Waals surface area contributed by atoms with Gasteiger partial charge in [-0.3, -0.25) is 0 Å². The molecule has 0 aliphatic heterocycles. The van der Waals surface area contributed by atoms with Gasteiger partial charge >= 0.3 is 0 Å². The average Bonchev–Trinajstić information content (AvgIpc) is 2.10. The van der Waals surface area contributed by atoms with E-state index < -0.39 is 0 Å². The molecule has 4 heteroatoms. The summed E-state index contributed by atoms with van der Waals surface area (Å²) in [6.07, 6.45) is 0. The van der Waals surface area contributed by atoms with Crippen molar-refractivity contribution in [3.63, 3.8) is 0 Å². The molecule has 1 N–H and O–H groups in total. The van der Waals surface area contributed by atoms with Crippen LogP contribution in [0.5, 0.6) is 0 Å². The molecule has 0 aliphatic rings. The predicted octanol–water partition coefficient (Wildman–Crippen LogP) is 2.56. The molecule has 1 aromatic carbocycles. The van der Waals surface area contributed by atoms with Crippen LogP contribution in [0.4, 0.5) is 10.1 Å². The molecule has 0 saturated heterocycles. The molecule has 0 atom stereocenters. The second-order valence-corrected chi connectivity index (χ2v) is 4.21. The molecule has 0 radical (unpaired) electrons. The van der Waals surface area contributed by atoms with Gasteiger partial charge in [0.15, 0.2) is 0 Å². The van der Waals surface area contributed by atoms with Crippen LogP contribution in [0.25, 0.3) is 0 Å². The Labute approximate surface area is 92.2 Å². The molecule has 0 saturated carbocycles. The first-order valence-corrected chi connectivity index (χ1v) is 5.22. The normalized spacial score (nSPS) is 10.6. The molecule has 0 heterocycles. The lowest BCUT2D eigenvalue weighted by atomic mass is 10.3. The van der Waals surface area contributed by atoms with Crippen molar-refractivity contribution in [2.45, 2.75) is 0 Å². The number of nitrogens with one attached hydrogen (secondary N) is 1. The van der Waals surface area contributed by atoms with Crippen molar-refractivity contribution in [3.8, 4) is 0 Å². The quantitative estimate of drug-likeness (QED) is 0.896. The van der Waals surface area contributed by atoms with Crippen LogP contribution in [0, 0.1) is 5.82 Å². The number of hydrogen-bond donors (Lipinski definition) is 1. The van der Waals surface area contributed by atoms with Crippen LogP contribution >= 0.6 is 15.9 Å². The van der Waals surface area contributed by atoms with Gasteiger partial charge in [0.1, 0.15) is 5.82 Å². The minimum Gasteiger partial charge on any atom is -0.383 e. The van der Waals surface area contributed by atoms with Crippen LogP contribution in [0.2, 0.25) is 0 Å². The molecule has 0 amide bonds. The molecular formula is C10H14BrFN2. The third kappa shape index (κ3) is 3.64. The summed E-state index contributed by atoms with van der Waals surface area (Å²) in [6.45, 7) is 1.72. The largest absolute Gasteiger partial charge is 0.383 e. The number of anilines is 1. The highest BCUT2D eigenvalue weighted by Gasteiger charge is 2.00. The number of rotatable bonds is 4. The summed E-state index contributed by atoms with van der Waals surface area (Å²) in [4.78, 5) is 2.07. The predicted molar refractivity (Wildman–Crippen MR) is 61.1 cm³/mol. The third-order valence-electron chi connectivity index (χ3n) is 1.80.